The van der Waals surface area contributed by atoms with Crippen LogP contribution in [0.1, 0.15) is 47.3 Å². The summed E-state index contributed by atoms with van der Waals surface area (Å²) in [6.07, 6.45) is 2.99. The van der Waals surface area contributed by atoms with Gasteiger partial charge in [-0.3, -0.25) is 14.4 Å². The molecule has 3 heterocycles. The fourth-order valence-electron chi connectivity index (χ4n) is 6.67. The smallest absolute Gasteiger partial charge is 0.270 e. The molecule has 5 aromatic rings. The zero-order valence-electron chi connectivity index (χ0n) is 26.9. The first-order valence-corrected chi connectivity index (χ1v) is 15.9. The van der Waals surface area contributed by atoms with Crippen molar-refractivity contribution >= 4 is 45.2 Å². The average molecular weight is 619 g/mol. The maximum absolute atomic E-state index is 13.9. The summed E-state index contributed by atoms with van der Waals surface area (Å²) in [6.45, 7) is 3.68. The van der Waals surface area contributed by atoms with Crippen molar-refractivity contribution in [2.24, 2.45) is 13.0 Å². The number of benzene rings is 3. The normalized spacial score (nSPS) is 15.3. The highest BCUT2D eigenvalue weighted by Gasteiger charge is 2.34. The Morgan fingerprint density at radius 3 is 2.46 bits per heavy atom. The van der Waals surface area contributed by atoms with E-state index >= 15 is 0 Å². The van der Waals surface area contributed by atoms with Gasteiger partial charge in [-0.15, -0.1) is 0 Å². The summed E-state index contributed by atoms with van der Waals surface area (Å²) in [7, 11) is 5.92. The van der Waals surface area contributed by atoms with Gasteiger partial charge in [-0.2, -0.15) is 0 Å². The Morgan fingerprint density at radius 1 is 0.957 bits per heavy atom. The highest BCUT2D eigenvalue weighted by Crippen LogP contribution is 2.30. The number of hydrogen-bond acceptors (Lipinski definition) is 4. The van der Waals surface area contributed by atoms with Crippen LogP contribution in [0.25, 0.3) is 21.8 Å². The molecule has 3 amide bonds. The fraction of sp³-hybridized carbons (Fsp3) is 0.324. The number of aryl methyl sites for hydroxylation is 1. The number of carbonyl (C=O) groups is 3. The third-order valence-corrected chi connectivity index (χ3v) is 9.21. The van der Waals surface area contributed by atoms with Gasteiger partial charge in [-0.25, -0.2) is 0 Å². The number of carbonyl (C=O) groups excluding carboxylic acids is 3. The summed E-state index contributed by atoms with van der Waals surface area (Å²) in [5.41, 5.74) is 5.37. The lowest BCUT2D eigenvalue weighted by molar-refractivity contribution is -0.130. The summed E-state index contributed by atoms with van der Waals surface area (Å²) in [5, 5.41) is 8.25. The highest BCUT2D eigenvalue weighted by molar-refractivity contribution is 6.00. The van der Waals surface area contributed by atoms with Crippen LogP contribution in [0.4, 0.5) is 5.69 Å². The molecular weight excluding hydrogens is 576 g/mol. The third-order valence-electron chi connectivity index (χ3n) is 9.21. The first-order chi connectivity index (χ1) is 22.2. The molecule has 9 heteroatoms. The minimum absolute atomic E-state index is 0.0285. The molecule has 1 saturated heterocycles. The van der Waals surface area contributed by atoms with E-state index in [0.29, 0.717) is 37.3 Å². The highest BCUT2D eigenvalue weighted by atomic mass is 16.2. The van der Waals surface area contributed by atoms with Crippen molar-refractivity contribution in [3.63, 3.8) is 0 Å². The van der Waals surface area contributed by atoms with Gasteiger partial charge in [0.2, 0.25) is 11.8 Å². The van der Waals surface area contributed by atoms with Crippen LogP contribution in [0.5, 0.6) is 0 Å². The van der Waals surface area contributed by atoms with E-state index in [4.69, 9.17) is 0 Å². The van der Waals surface area contributed by atoms with Crippen LogP contribution >= 0.6 is 0 Å². The van der Waals surface area contributed by atoms with Crippen molar-refractivity contribution in [2.45, 2.75) is 38.3 Å². The molecule has 2 atom stereocenters. The molecule has 3 aromatic carbocycles. The Hall–Kier alpha value is -4.89. The van der Waals surface area contributed by atoms with E-state index in [-0.39, 0.29) is 29.6 Å². The number of rotatable bonds is 9. The molecule has 46 heavy (non-hydrogen) atoms. The summed E-state index contributed by atoms with van der Waals surface area (Å²) in [5.74, 6) is -1.07. The lowest BCUT2D eigenvalue weighted by Crippen LogP contribution is -2.50. The van der Waals surface area contributed by atoms with Gasteiger partial charge < -0.3 is 30.0 Å². The van der Waals surface area contributed by atoms with Gasteiger partial charge in [0.05, 0.1) is 0 Å². The number of likely N-dealkylation sites (tertiary alicyclic amines) is 1. The molecule has 238 valence electrons. The summed E-state index contributed by atoms with van der Waals surface area (Å²) >= 11 is 0. The molecule has 1 aliphatic heterocycles. The van der Waals surface area contributed by atoms with Crippen molar-refractivity contribution in [3.8, 4) is 0 Å². The largest absolute Gasteiger partial charge is 0.361 e. The minimum Gasteiger partial charge on any atom is -0.361 e. The zero-order chi connectivity index (χ0) is 32.4. The van der Waals surface area contributed by atoms with Crippen molar-refractivity contribution in [1.29, 1.82) is 0 Å². The Bertz CT molecular complexity index is 1880. The second-order valence-electron chi connectivity index (χ2n) is 12.7. The quantitative estimate of drug-likeness (QED) is 0.203. The van der Waals surface area contributed by atoms with Gasteiger partial charge in [0.15, 0.2) is 0 Å². The van der Waals surface area contributed by atoms with Crippen LogP contribution in [0, 0.1) is 5.92 Å². The number of fused-ring (bicyclic) bond motifs is 2. The van der Waals surface area contributed by atoms with E-state index < -0.39 is 6.04 Å². The van der Waals surface area contributed by atoms with E-state index in [0.717, 1.165) is 39.5 Å². The lowest BCUT2D eigenvalue weighted by Gasteiger charge is -2.33. The number of hydrogen-bond donors (Lipinski definition) is 3. The van der Waals surface area contributed by atoms with Crippen molar-refractivity contribution < 1.29 is 14.4 Å². The molecule has 0 spiro atoms. The SMILES string of the molecule is C[C@@H](c1c[nH]c2ccccc12)[C@@H](NC(=O)C1CCN(C(=O)c2cc3ccccc3n2C)CC1)C(=O)Nc1cccc(CN(C)C)c1. The molecule has 0 radical (unpaired) electrons. The number of nitrogens with one attached hydrogen (secondary N) is 3. The van der Waals surface area contributed by atoms with Crippen molar-refractivity contribution in [1.82, 2.24) is 24.7 Å². The number of aromatic nitrogens is 2. The average Bonchev–Trinajstić information content (AvgIpc) is 3.64. The number of H-pyrrole nitrogens is 1. The minimum atomic E-state index is -0.806. The fourth-order valence-corrected chi connectivity index (χ4v) is 6.67. The molecule has 1 fully saturated rings. The second kappa shape index (κ2) is 13.2. The standard InChI is InChI=1S/C37H42N6O3/c1-24(30-22-38-31-14-7-6-13-29(30)31)34(36(45)39-28-12-9-10-25(20-28)23-41(2)3)40-35(44)26-16-18-43(19-17-26)37(46)33-21-27-11-5-8-15-32(27)42(33)4/h5-15,20-22,24,26,34,38H,16-19,23H2,1-4H3,(H,39,45)(H,40,44)/t24-,34+/m0/s1. The van der Waals surface area contributed by atoms with Gasteiger partial charge in [0, 0.05) is 72.2 Å². The Morgan fingerprint density at radius 2 is 1.70 bits per heavy atom. The van der Waals surface area contributed by atoms with Crippen LogP contribution in [0.2, 0.25) is 0 Å². The van der Waals surface area contributed by atoms with Crippen LogP contribution in [0.15, 0.2) is 85.1 Å². The Kier molecular flexibility index (Phi) is 8.94. The van der Waals surface area contributed by atoms with Gasteiger partial charge in [-0.1, -0.05) is 55.5 Å². The first-order valence-electron chi connectivity index (χ1n) is 15.9. The topological polar surface area (TPSA) is 102 Å². The van der Waals surface area contributed by atoms with Gasteiger partial charge in [-0.05, 0) is 68.4 Å². The first kappa shape index (κ1) is 31.1. The molecule has 0 aliphatic carbocycles. The number of anilines is 1. The molecule has 1 aliphatic rings. The van der Waals surface area contributed by atoms with Crippen LogP contribution in [-0.2, 0) is 23.2 Å². The maximum atomic E-state index is 13.9. The van der Waals surface area contributed by atoms with E-state index in [2.05, 4.69) is 20.5 Å². The predicted octanol–water partition coefficient (Wildman–Crippen LogP) is 5.50. The van der Waals surface area contributed by atoms with E-state index in [1.54, 1.807) is 0 Å². The maximum Gasteiger partial charge on any atom is 0.270 e. The molecule has 9 nitrogen and oxygen atoms in total. The second-order valence-corrected chi connectivity index (χ2v) is 12.7. The molecule has 0 saturated carbocycles. The van der Waals surface area contributed by atoms with Gasteiger partial charge >= 0.3 is 0 Å². The Labute approximate surface area is 269 Å². The number of aromatic amines is 1. The van der Waals surface area contributed by atoms with E-state index in [9.17, 15) is 14.4 Å². The summed E-state index contributed by atoms with van der Waals surface area (Å²) in [4.78, 5) is 48.4. The molecular formula is C37H42N6O3. The van der Waals surface area contributed by atoms with Crippen molar-refractivity contribution in [3.05, 3.63) is 102 Å². The van der Waals surface area contributed by atoms with Crippen molar-refractivity contribution in [2.75, 3.05) is 32.5 Å². The van der Waals surface area contributed by atoms with Crippen LogP contribution in [-0.4, -0.2) is 70.3 Å². The van der Waals surface area contributed by atoms with Gasteiger partial charge in [0.25, 0.3) is 5.91 Å². The third kappa shape index (κ3) is 6.41. The Balaban J connectivity index is 1.17. The van der Waals surface area contributed by atoms with E-state index in [1.807, 2.05) is 123 Å². The zero-order valence-corrected chi connectivity index (χ0v) is 26.9. The predicted molar refractivity (Wildman–Crippen MR) is 183 cm³/mol. The molecule has 0 unspecified atom stereocenters. The number of amides is 3. The monoisotopic (exact) mass is 618 g/mol. The van der Waals surface area contributed by atoms with E-state index in [1.165, 1.54) is 0 Å². The van der Waals surface area contributed by atoms with Crippen LogP contribution in [0.3, 0.4) is 0 Å². The van der Waals surface area contributed by atoms with Crippen LogP contribution < -0.4 is 10.6 Å². The van der Waals surface area contributed by atoms with Gasteiger partial charge in [0.1, 0.15) is 11.7 Å². The molecule has 3 N–H and O–H groups in total. The summed E-state index contributed by atoms with van der Waals surface area (Å²) < 4.78 is 1.93. The molecule has 2 aromatic heterocycles. The lowest BCUT2D eigenvalue weighted by atomic mass is 9.90. The molecule has 6 rings (SSSR count). The molecule has 0 bridgehead atoms. The number of piperidine rings is 1. The number of para-hydroxylation sites is 2. The summed E-state index contributed by atoms with van der Waals surface area (Å²) in [6, 6.07) is 24.8. The number of nitrogens with zero attached hydrogens (tertiary/aromatic N) is 3.